The van der Waals surface area contributed by atoms with E-state index in [1.54, 1.807) is 12.1 Å². The van der Waals surface area contributed by atoms with Gasteiger partial charge in [-0.3, -0.25) is 0 Å². The zero-order valence-corrected chi connectivity index (χ0v) is 10.3. The molecule has 92 valence electrons. The van der Waals surface area contributed by atoms with Crippen LogP contribution in [-0.2, 0) is 0 Å². The first-order valence-electron chi connectivity index (χ1n) is 5.84. The molecule has 3 aromatic rings. The van der Waals surface area contributed by atoms with Gasteiger partial charge in [-0.25, -0.2) is 9.97 Å². The van der Waals surface area contributed by atoms with Gasteiger partial charge in [-0.15, -0.1) is 0 Å². The van der Waals surface area contributed by atoms with Crippen molar-refractivity contribution in [2.75, 3.05) is 5.32 Å². The monoisotopic (exact) mass is 249 g/mol. The lowest BCUT2D eigenvalue weighted by Gasteiger charge is -2.06. The molecule has 0 aliphatic heterocycles. The first-order valence-corrected chi connectivity index (χ1v) is 5.84. The van der Waals surface area contributed by atoms with Gasteiger partial charge in [0.2, 0.25) is 0 Å². The molecule has 5 nitrogen and oxygen atoms in total. The highest BCUT2D eigenvalue weighted by atomic mass is 15.0. The van der Waals surface area contributed by atoms with Gasteiger partial charge < -0.3 is 10.3 Å². The molecule has 0 fully saturated rings. The van der Waals surface area contributed by atoms with Gasteiger partial charge in [0, 0.05) is 11.4 Å². The highest BCUT2D eigenvalue weighted by Crippen LogP contribution is 2.23. The van der Waals surface area contributed by atoms with Crippen molar-refractivity contribution >= 4 is 22.5 Å². The Morgan fingerprint density at radius 3 is 3.00 bits per heavy atom. The maximum absolute atomic E-state index is 8.89. The van der Waals surface area contributed by atoms with E-state index < -0.39 is 0 Å². The summed E-state index contributed by atoms with van der Waals surface area (Å²) in [5.41, 5.74) is 3.27. The van der Waals surface area contributed by atoms with E-state index in [4.69, 9.17) is 5.26 Å². The lowest BCUT2D eigenvalue weighted by molar-refractivity contribution is 1.18. The summed E-state index contributed by atoms with van der Waals surface area (Å²) in [6, 6.07) is 11.4. The molecule has 2 heterocycles. The summed E-state index contributed by atoms with van der Waals surface area (Å²) in [4.78, 5) is 11.6. The van der Waals surface area contributed by atoms with Crippen LogP contribution in [0.4, 0.5) is 11.5 Å². The van der Waals surface area contributed by atoms with Gasteiger partial charge >= 0.3 is 0 Å². The SMILES string of the molecule is Cc1cc2c(Nc3cccc(C#N)c3)ncnc2[nH]1. The first kappa shape index (κ1) is 11.2. The van der Waals surface area contributed by atoms with E-state index >= 15 is 0 Å². The van der Waals surface area contributed by atoms with Crippen LogP contribution in [0.2, 0.25) is 0 Å². The number of nitriles is 1. The summed E-state index contributed by atoms with van der Waals surface area (Å²) >= 11 is 0. The largest absolute Gasteiger partial charge is 0.343 e. The van der Waals surface area contributed by atoms with Crippen molar-refractivity contribution in [3.63, 3.8) is 0 Å². The Balaban J connectivity index is 2.03. The third kappa shape index (κ3) is 2.11. The van der Waals surface area contributed by atoms with E-state index in [1.165, 1.54) is 6.33 Å². The summed E-state index contributed by atoms with van der Waals surface area (Å²) in [7, 11) is 0. The molecule has 0 saturated heterocycles. The van der Waals surface area contributed by atoms with E-state index in [0.29, 0.717) is 5.56 Å². The minimum atomic E-state index is 0.612. The Bertz CT molecular complexity index is 782. The Labute approximate surface area is 109 Å². The normalized spacial score (nSPS) is 10.3. The predicted molar refractivity (Wildman–Crippen MR) is 73.1 cm³/mol. The molecule has 2 N–H and O–H groups in total. The zero-order chi connectivity index (χ0) is 13.2. The fourth-order valence-electron chi connectivity index (χ4n) is 1.97. The maximum Gasteiger partial charge on any atom is 0.143 e. The average molecular weight is 249 g/mol. The molecule has 0 amide bonds. The molecule has 19 heavy (non-hydrogen) atoms. The molecular formula is C14H11N5. The number of aromatic nitrogens is 3. The van der Waals surface area contributed by atoms with Crippen LogP contribution in [0.25, 0.3) is 11.0 Å². The molecule has 1 aromatic carbocycles. The van der Waals surface area contributed by atoms with Crippen LogP contribution < -0.4 is 5.32 Å². The van der Waals surface area contributed by atoms with Crippen molar-refractivity contribution in [3.8, 4) is 6.07 Å². The number of nitrogens with one attached hydrogen (secondary N) is 2. The van der Waals surface area contributed by atoms with Gasteiger partial charge in [0.05, 0.1) is 17.0 Å². The Morgan fingerprint density at radius 2 is 2.16 bits per heavy atom. The second-order valence-corrected chi connectivity index (χ2v) is 4.25. The van der Waals surface area contributed by atoms with E-state index in [9.17, 15) is 0 Å². The fourth-order valence-corrected chi connectivity index (χ4v) is 1.97. The summed E-state index contributed by atoms with van der Waals surface area (Å²) < 4.78 is 0. The summed E-state index contributed by atoms with van der Waals surface area (Å²) in [5, 5.41) is 13.0. The van der Waals surface area contributed by atoms with Crippen molar-refractivity contribution < 1.29 is 0 Å². The lowest BCUT2D eigenvalue weighted by atomic mass is 10.2. The lowest BCUT2D eigenvalue weighted by Crippen LogP contribution is -1.95. The van der Waals surface area contributed by atoms with Crippen LogP contribution in [0.5, 0.6) is 0 Å². The number of aryl methyl sites for hydroxylation is 1. The smallest absolute Gasteiger partial charge is 0.143 e. The number of benzene rings is 1. The van der Waals surface area contributed by atoms with Crippen LogP contribution in [0.1, 0.15) is 11.3 Å². The van der Waals surface area contributed by atoms with Gasteiger partial charge in [0.25, 0.3) is 0 Å². The molecule has 3 rings (SSSR count). The molecular weight excluding hydrogens is 238 g/mol. The number of hydrogen-bond donors (Lipinski definition) is 2. The van der Waals surface area contributed by atoms with Crippen molar-refractivity contribution in [2.24, 2.45) is 0 Å². The predicted octanol–water partition coefficient (Wildman–Crippen LogP) is 2.88. The number of H-pyrrole nitrogens is 1. The number of fused-ring (bicyclic) bond motifs is 1. The third-order valence-corrected chi connectivity index (χ3v) is 2.81. The highest BCUT2D eigenvalue weighted by Gasteiger charge is 2.06. The molecule has 0 aliphatic carbocycles. The molecule has 0 radical (unpaired) electrons. The first-order chi connectivity index (χ1) is 9.26. The van der Waals surface area contributed by atoms with Crippen LogP contribution in [0, 0.1) is 18.3 Å². The zero-order valence-electron chi connectivity index (χ0n) is 10.3. The number of hydrogen-bond acceptors (Lipinski definition) is 4. The second kappa shape index (κ2) is 4.42. The van der Waals surface area contributed by atoms with Gasteiger partial charge in [0.15, 0.2) is 0 Å². The second-order valence-electron chi connectivity index (χ2n) is 4.25. The summed E-state index contributed by atoms with van der Waals surface area (Å²) in [6.07, 6.45) is 1.51. The molecule has 0 saturated carbocycles. The fraction of sp³-hybridized carbons (Fsp3) is 0.0714. The van der Waals surface area contributed by atoms with Crippen molar-refractivity contribution in [1.29, 1.82) is 5.26 Å². The van der Waals surface area contributed by atoms with E-state index in [1.807, 2.05) is 25.1 Å². The number of rotatable bonds is 2. The molecule has 0 unspecified atom stereocenters. The quantitative estimate of drug-likeness (QED) is 0.732. The number of nitrogens with zero attached hydrogens (tertiary/aromatic N) is 3. The minimum Gasteiger partial charge on any atom is -0.343 e. The Kier molecular flexibility index (Phi) is 2.62. The molecule has 0 aliphatic rings. The van der Waals surface area contributed by atoms with Crippen LogP contribution >= 0.6 is 0 Å². The van der Waals surface area contributed by atoms with Gasteiger partial charge in [-0.05, 0) is 31.2 Å². The van der Waals surface area contributed by atoms with Gasteiger partial charge in [-0.1, -0.05) is 6.07 Å². The summed E-state index contributed by atoms with van der Waals surface area (Å²) in [6.45, 7) is 1.97. The standard InChI is InChI=1S/C14H11N5/c1-9-5-12-13(18-9)16-8-17-14(12)19-11-4-2-3-10(6-11)7-15/h2-6,8H,1H3,(H2,16,17,18,19). The van der Waals surface area contributed by atoms with Crippen molar-refractivity contribution in [2.45, 2.75) is 6.92 Å². The van der Waals surface area contributed by atoms with Crippen LogP contribution in [0.3, 0.4) is 0 Å². The van der Waals surface area contributed by atoms with Gasteiger partial charge in [0.1, 0.15) is 17.8 Å². The molecule has 0 bridgehead atoms. The average Bonchev–Trinajstić information content (AvgIpc) is 2.80. The van der Waals surface area contributed by atoms with Gasteiger partial charge in [-0.2, -0.15) is 5.26 Å². The molecule has 0 spiro atoms. The molecule has 5 heteroatoms. The molecule has 2 aromatic heterocycles. The van der Waals surface area contributed by atoms with E-state index in [0.717, 1.165) is 28.2 Å². The van der Waals surface area contributed by atoms with Crippen molar-refractivity contribution in [3.05, 3.63) is 47.9 Å². The Morgan fingerprint density at radius 1 is 1.26 bits per heavy atom. The highest BCUT2D eigenvalue weighted by molar-refractivity contribution is 5.89. The maximum atomic E-state index is 8.89. The molecule has 0 atom stereocenters. The van der Waals surface area contributed by atoms with Crippen LogP contribution in [0.15, 0.2) is 36.7 Å². The topological polar surface area (TPSA) is 77.4 Å². The van der Waals surface area contributed by atoms with E-state index in [2.05, 4.69) is 26.3 Å². The minimum absolute atomic E-state index is 0.612. The third-order valence-electron chi connectivity index (χ3n) is 2.81. The van der Waals surface area contributed by atoms with Crippen LogP contribution in [-0.4, -0.2) is 15.0 Å². The Hall–Kier alpha value is -2.87. The van der Waals surface area contributed by atoms with E-state index in [-0.39, 0.29) is 0 Å². The summed E-state index contributed by atoms with van der Waals surface area (Å²) in [5.74, 6) is 0.726. The number of aromatic amines is 1. The van der Waals surface area contributed by atoms with Crippen molar-refractivity contribution in [1.82, 2.24) is 15.0 Å². The number of anilines is 2.